The van der Waals surface area contributed by atoms with Crippen molar-refractivity contribution in [2.45, 2.75) is 26.3 Å². The Balaban J connectivity index is 2.23. The van der Waals surface area contributed by atoms with Crippen molar-refractivity contribution in [3.8, 4) is 0 Å². The average molecular weight is 329 g/mol. The molecule has 1 atom stereocenters. The number of esters is 1. The number of halogens is 1. The Hall–Kier alpha value is -2.69. The lowest BCUT2D eigenvalue weighted by Crippen LogP contribution is -2.30. The summed E-state index contributed by atoms with van der Waals surface area (Å²) in [5.41, 5.74) is 2.53. The number of aryl methyl sites for hydroxylation is 2. The number of ether oxygens (including phenoxy) is 1. The predicted molar refractivity (Wildman–Crippen MR) is 89.2 cm³/mol. The van der Waals surface area contributed by atoms with E-state index in [1.807, 2.05) is 31.2 Å². The zero-order valence-corrected chi connectivity index (χ0v) is 13.9. The number of rotatable bonds is 5. The van der Waals surface area contributed by atoms with Crippen LogP contribution in [0.25, 0.3) is 0 Å². The van der Waals surface area contributed by atoms with Crippen molar-refractivity contribution >= 4 is 11.9 Å². The third-order valence-electron chi connectivity index (χ3n) is 3.82. The summed E-state index contributed by atoms with van der Waals surface area (Å²) in [6.45, 7) is 3.58. The summed E-state index contributed by atoms with van der Waals surface area (Å²) in [6, 6.07) is 11.2. The van der Waals surface area contributed by atoms with Gasteiger partial charge in [-0.3, -0.25) is 9.59 Å². The number of hydrogen-bond donors (Lipinski definition) is 1. The molecule has 0 aliphatic rings. The van der Waals surface area contributed by atoms with Gasteiger partial charge in [-0.2, -0.15) is 0 Å². The molecule has 0 bridgehead atoms. The van der Waals surface area contributed by atoms with Gasteiger partial charge in [0.15, 0.2) is 0 Å². The molecule has 0 saturated carbocycles. The third-order valence-corrected chi connectivity index (χ3v) is 3.82. The third kappa shape index (κ3) is 4.41. The maximum absolute atomic E-state index is 13.7. The largest absolute Gasteiger partial charge is 0.469 e. The zero-order chi connectivity index (χ0) is 17.7. The Bertz CT molecular complexity index is 741. The number of carbonyl (C=O) groups is 2. The van der Waals surface area contributed by atoms with Gasteiger partial charge in [-0.05, 0) is 37.1 Å². The van der Waals surface area contributed by atoms with Gasteiger partial charge in [-0.1, -0.05) is 35.9 Å². The van der Waals surface area contributed by atoms with Crippen LogP contribution in [0.5, 0.6) is 0 Å². The molecule has 0 heterocycles. The minimum atomic E-state index is -0.546. The molecule has 24 heavy (non-hydrogen) atoms. The van der Waals surface area contributed by atoms with E-state index in [0.29, 0.717) is 5.56 Å². The minimum Gasteiger partial charge on any atom is -0.469 e. The summed E-state index contributed by atoms with van der Waals surface area (Å²) < 4.78 is 18.4. The summed E-state index contributed by atoms with van der Waals surface area (Å²) in [6.07, 6.45) is -0.000353. The highest BCUT2D eigenvalue weighted by Gasteiger charge is 2.20. The molecule has 0 unspecified atom stereocenters. The highest BCUT2D eigenvalue weighted by atomic mass is 19.1. The second kappa shape index (κ2) is 7.73. The van der Waals surface area contributed by atoms with Gasteiger partial charge in [0.05, 0.1) is 19.6 Å². The number of methoxy groups -OCH3 is 1. The normalized spacial score (nSPS) is 11.7. The van der Waals surface area contributed by atoms with Crippen molar-refractivity contribution < 1.29 is 18.7 Å². The minimum absolute atomic E-state index is 0.000353. The molecule has 126 valence electrons. The van der Waals surface area contributed by atoms with Gasteiger partial charge in [0, 0.05) is 5.56 Å². The predicted octanol–water partition coefficient (Wildman–Crippen LogP) is 3.48. The van der Waals surface area contributed by atoms with Gasteiger partial charge in [0.25, 0.3) is 5.91 Å². The zero-order valence-electron chi connectivity index (χ0n) is 13.9. The first-order valence-electron chi connectivity index (χ1n) is 7.61. The summed E-state index contributed by atoms with van der Waals surface area (Å²) in [5, 5.41) is 2.77. The van der Waals surface area contributed by atoms with E-state index < -0.39 is 23.7 Å². The maximum atomic E-state index is 13.7. The first kappa shape index (κ1) is 17.7. The Labute approximate surface area is 140 Å². The first-order chi connectivity index (χ1) is 11.4. The maximum Gasteiger partial charge on any atom is 0.307 e. The summed E-state index contributed by atoms with van der Waals surface area (Å²) in [7, 11) is 1.30. The van der Waals surface area contributed by atoms with Gasteiger partial charge in [-0.25, -0.2) is 4.39 Å². The topological polar surface area (TPSA) is 55.4 Å². The fraction of sp³-hybridized carbons (Fsp3) is 0.263. The first-order valence-corrected chi connectivity index (χ1v) is 7.61. The number of amides is 1. The smallest absolute Gasteiger partial charge is 0.307 e. The fourth-order valence-electron chi connectivity index (χ4n) is 2.28. The van der Waals surface area contributed by atoms with Crippen molar-refractivity contribution in [3.63, 3.8) is 0 Å². The standard InChI is InChI=1S/C19H20FNO3/c1-12-4-7-14(8-5-12)17(11-18(22)24-3)21-19(23)15-9-6-13(2)16(20)10-15/h4-10,17H,11H2,1-3H3,(H,21,23)/t17-/m1/s1. The molecular weight excluding hydrogens is 309 g/mol. The molecule has 0 saturated heterocycles. The van der Waals surface area contributed by atoms with E-state index >= 15 is 0 Å². The fourth-order valence-corrected chi connectivity index (χ4v) is 2.28. The van der Waals surface area contributed by atoms with Crippen molar-refractivity contribution in [2.75, 3.05) is 7.11 Å². The Morgan fingerprint density at radius 2 is 1.79 bits per heavy atom. The molecule has 0 aromatic heterocycles. The molecule has 0 radical (unpaired) electrons. The van der Waals surface area contributed by atoms with Crippen LogP contribution in [0, 0.1) is 19.7 Å². The molecular formula is C19H20FNO3. The number of carbonyl (C=O) groups excluding carboxylic acids is 2. The van der Waals surface area contributed by atoms with Crippen molar-refractivity contribution in [1.82, 2.24) is 5.32 Å². The molecule has 0 aliphatic carbocycles. The molecule has 4 nitrogen and oxygen atoms in total. The van der Waals surface area contributed by atoms with E-state index in [-0.39, 0.29) is 12.0 Å². The Morgan fingerprint density at radius 1 is 1.12 bits per heavy atom. The molecule has 0 spiro atoms. The molecule has 2 aromatic carbocycles. The molecule has 2 aromatic rings. The molecule has 0 fully saturated rings. The van der Waals surface area contributed by atoms with Crippen LogP contribution in [0.2, 0.25) is 0 Å². The summed E-state index contributed by atoms with van der Waals surface area (Å²) in [4.78, 5) is 24.0. The summed E-state index contributed by atoms with van der Waals surface area (Å²) in [5.74, 6) is -1.32. The second-order valence-electron chi connectivity index (χ2n) is 5.68. The van der Waals surface area contributed by atoms with E-state index in [1.54, 1.807) is 19.1 Å². The van der Waals surface area contributed by atoms with E-state index in [1.165, 1.54) is 13.2 Å². The van der Waals surface area contributed by atoms with E-state index in [4.69, 9.17) is 4.74 Å². The molecule has 0 aliphatic heterocycles. The molecule has 1 amide bonds. The van der Waals surface area contributed by atoms with Crippen molar-refractivity contribution in [1.29, 1.82) is 0 Å². The lowest BCUT2D eigenvalue weighted by atomic mass is 10.0. The molecule has 2 rings (SSSR count). The van der Waals surface area contributed by atoms with Gasteiger partial charge in [-0.15, -0.1) is 0 Å². The lowest BCUT2D eigenvalue weighted by Gasteiger charge is -2.18. The van der Waals surface area contributed by atoms with Crippen LogP contribution in [0.15, 0.2) is 42.5 Å². The SMILES string of the molecule is COC(=O)C[C@@H](NC(=O)c1ccc(C)c(F)c1)c1ccc(C)cc1. The quantitative estimate of drug-likeness (QED) is 0.855. The van der Waals surface area contributed by atoms with Crippen LogP contribution >= 0.6 is 0 Å². The van der Waals surface area contributed by atoms with Gasteiger partial charge < -0.3 is 10.1 Å². The monoisotopic (exact) mass is 329 g/mol. The highest BCUT2D eigenvalue weighted by molar-refractivity contribution is 5.94. The highest BCUT2D eigenvalue weighted by Crippen LogP contribution is 2.19. The number of hydrogen-bond acceptors (Lipinski definition) is 3. The van der Waals surface area contributed by atoms with E-state index in [0.717, 1.165) is 11.1 Å². The molecule has 5 heteroatoms. The van der Waals surface area contributed by atoms with Gasteiger partial charge >= 0.3 is 5.97 Å². The van der Waals surface area contributed by atoms with Crippen LogP contribution < -0.4 is 5.32 Å². The summed E-state index contributed by atoms with van der Waals surface area (Å²) >= 11 is 0. The van der Waals surface area contributed by atoms with Gasteiger partial charge in [0.2, 0.25) is 0 Å². The van der Waals surface area contributed by atoms with Crippen molar-refractivity contribution in [3.05, 3.63) is 70.5 Å². The Kier molecular flexibility index (Phi) is 5.68. The van der Waals surface area contributed by atoms with Crippen molar-refractivity contribution in [2.24, 2.45) is 0 Å². The number of benzene rings is 2. The average Bonchev–Trinajstić information content (AvgIpc) is 2.57. The van der Waals surface area contributed by atoms with E-state index in [9.17, 15) is 14.0 Å². The molecule has 1 N–H and O–H groups in total. The number of nitrogens with one attached hydrogen (secondary N) is 1. The van der Waals surface area contributed by atoms with Crippen LogP contribution in [-0.2, 0) is 9.53 Å². The van der Waals surface area contributed by atoms with Crippen LogP contribution in [0.4, 0.5) is 4.39 Å². The van der Waals surface area contributed by atoms with Crippen LogP contribution in [0.1, 0.15) is 39.5 Å². The van der Waals surface area contributed by atoms with Gasteiger partial charge in [0.1, 0.15) is 5.82 Å². The Morgan fingerprint density at radius 3 is 2.38 bits per heavy atom. The lowest BCUT2D eigenvalue weighted by molar-refractivity contribution is -0.141. The van der Waals surface area contributed by atoms with E-state index in [2.05, 4.69) is 5.32 Å². The van der Waals surface area contributed by atoms with Crippen LogP contribution in [-0.4, -0.2) is 19.0 Å². The van der Waals surface area contributed by atoms with Crippen LogP contribution in [0.3, 0.4) is 0 Å². The second-order valence-corrected chi connectivity index (χ2v) is 5.68.